The van der Waals surface area contributed by atoms with Crippen molar-refractivity contribution in [1.82, 2.24) is 5.32 Å². The Morgan fingerprint density at radius 2 is 1.45 bits per heavy atom. The maximum absolute atomic E-state index is 12.7. The Hall–Kier alpha value is -0.751. The van der Waals surface area contributed by atoms with E-state index in [1.54, 1.807) is 0 Å². The fraction of sp³-hybridized carbons (Fsp3) is 0.708. The predicted octanol–water partition coefficient (Wildman–Crippen LogP) is 6.61. The molecule has 0 aliphatic carbocycles. The normalized spacial score (nSPS) is 14.8. The zero-order valence-electron chi connectivity index (χ0n) is 19.2. The van der Waals surface area contributed by atoms with Gasteiger partial charge in [-0.25, -0.2) is 0 Å². The Kier molecular flexibility index (Phi) is 13.0. The molecular formula is C24H43NO3Sn. The Bertz CT molecular complexity index is 545. The van der Waals surface area contributed by atoms with E-state index in [1.165, 1.54) is 51.8 Å². The van der Waals surface area contributed by atoms with Crippen LogP contribution in [0.4, 0.5) is 4.79 Å². The molecule has 29 heavy (non-hydrogen) atoms. The summed E-state index contributed by atoms with van der Waals surface area (Å²) in [7, 11) is 0. The third-order valence-corrected chi connectivity index (χ3v) is 23.0. The van der Waals surface area contributed by atoms with Crippen LogP contribution in [0.5, 0.6) is 0 Å². The van der Waals surface area contributed by atoms with E-state index in [-0.39, 0.29) is 10.2 Å². The van der Waals surface area contributed by atoms with E-state index < -0.39 is 30.5 Å². The summed E-state index contributed by atoms with van der Waals surface area (Å²) in [6.45, 7) is 10.7. The summed E-state index contributed by atoms with van der Waals surface area (Å²) < 4.78 is 9.98. The summed E-state index contributed by atoms with van der Waals surface area (Å²) in [5.74, 6) is 0. The summed E-state index contributed by atoms with van der Waals surface area (Å²) in [5, 5.41) is 13.4. The average Bonchev–Trinajstić information content (AvgIpc) is 2.73. The number of hydrogen-bond donors (Lipinski definition) is 2. The second-order valence-electron chi connectivity index (χ2n) is 8.51. The molecule has 1 rings (SSSR count). The zero-order chi connectivity index (χ0) is 21.7. The van der Waals surface area contributed by atoms with E-state index in [1.807, 2.05) is 37.3 Å². The number of unbranched alkanes of at least 4 members (excludes halogenated alkanes) is 3. The van der Waals surface area contributed by atoms with Crippen LogP contribution in [0.3, 0.4) is 0 Å². The van der Waals surface area contributed by atoms with Crippen LogP contribution in [0.15, 0.2) is 30.3 Å². The standard InChI is InChI=1S/C12H16NO3.3C4H9.Sn/c1-3-16-12(15)13-9(2)11(14)10-7-5-4-6-8-10;3*1-3-4-2;/h3-9,11,14H,1-2H3,(H,13,15);3*1,3-4H2,2H3;/t9-,11-;;;;/m1..../s1. The fourth-order valence-corrected chi connectivity index (χ4v) is 19.8. The minimum atomic E-state index is -2.61. The van der Waals surface area contributed by atoms with E-state index in [2.05, 4.69) is 33.0 Å². The Morgan fingerprint density at radius 3 is 1.90 bits per heavy atom. The molecule has 2 N–H and O–H groups in total. The number of aliphatic hydroxyl groups excluding tert-OH is 1. The number of carbonyl (C=O) groups is 1. The van der Waals surface area contributed by atoms with Crippen LogP contribution < -0.4 is 5.32 Å². The molecule has 3 atom stereocenters. The molecule has 0 aliphatic heterocycles. The Labute approximate surface area is 182 Å². The topological polar surface area (TPSA) is 58.6 Å². The monoisotopic (exact) mass is 513 g/mol. The van der Waals surface area contributed by atoms with E-state index in [0.29, 0.717) is 0 Å². The van der Waals surface area contributed by atoms with Crippen LogP contribution in [0, 0.1) is 0 Å². The molecule has 0 fully saturated rings. The molecule has 4 nitrogen and oxygen atoms in total. The van der Waals surface area contributed by atoms with Gasteiger partial charge in [0.05, 0.1) is 0 Å². The molecule has 5 heteroatoms. The molecule has 0 radical (unpaired) electrons. The van der Waals surface area contributed by atoms with Gasteiger partial charge in [0.2, 0.25) is 0 Å². The van der Waals surface area contributed by atoms with Crippen molar-refractivity contribution >= 4 is 24.5 Å². The van der Waals surface area contributed by atoms with E-state index >= 15 is 0 Å². The van der Waals surface area contributed by atoms with E-state index in [0.717, 1.165) is 5.56 Å². The van der Waals surface area contributed by atoms with Gasteiger partial charge >= 0.3 is 183 Å². The van der Waals surface area contributed by atoms with E-state index in [4.69, 9.17) is 4.74 Å². The van der Waals surface area contributed by atoms with Crippen LogP contribution in [0.1, 0.15) is 84.8 Å². The van der Waals surface area contributed by atoms with Gasteiger partial charge in [-0.15, -0.1) is 0 Å². The molecule has 0 bridgehead atoms. The number of amides is 1. The number of ether oxygens (including phenoxy) is 1. The second-order valence-corrected chi connectivity index (χ2v) is 22.9. The number of hydrogen-bond acceptors (Lipinski definition) is 3. The minimum absolute atomic E-state index is 0.0648. The molecule has 1 amide bonds. The third kappa shape index (κ3) is 8.87. The van der Waals surface area contributed by atoms with Crippen molar-refractivity contribution < 1.29 is 14.6 Å². The molecule has 0 spiro atoms. The molecule has 0 aromatic heterocycles. The summed E-state index contributed by atoms with van der Waals surface area (Å²) in [4.78, 5) is 12.7. The van der Waals surface area contributed by atoms with Gasteiger partial charge in [-0.2, -0.15) is 0 Å². The first-order valence-corrected chi connectivity index (χ1v) is 19.3. The van der Waals surface area contributed by atoms with Crippen molar-refractivity contribution in [2.45, 2.75) is 103 Å². The van der Waals surface area contributed by atoms with Crippen LogP contribution >= 0.6 is 0 Å². The van der Waals surface area contributed by atoms with Crippen molar-refractivity contribution in [3.63, 3.8) is 0 Å². The number of carbonyl (C=O) groups excluding carboxylic acids is 1. The van der Waals surface area contributed by atoms with E-state index in [9.17, 15) is 9.90 Å². The summed E-state index contributed by atoms with van der Waals surface area (Å²) >= 11 is -2.61. The molecule has 0 heterocycles. The first-order valence-electron chi connectivity index (χ1n) is 11.6. The maximum atomic E-state index is 12.7. The van der Waals surface area contributed by atoms with Gasteiger partial charge in [0.1, 0.15) is 0 Å². The fourth-order valence-electron chi connectivity index (χ4n) is 4.09. The SMILES string of the molecule is CCC[CH2][Sn]([CH2]CCC)([CH2]CCC)[C@@H](C)OC(=O)N[C@H](C)[C@@H](O)c1ccccc1. The Morgan fingerprint density at radius 1 is 0.966 bits per heavy atom. The van der Waals surface area contributed by atoms with Gasteiger partial charge in [-0.3, -0.25) is 0 Å². The molecule has 0 saturated heterocycles. The summed E-state index contributed by atoms with van der Waals surface area (Å²) in [5.41, 5.74) is 0.802. The predicted molar refractivity (Wildman–Crippen MR) is 125 cm³/mol. The van der Waals surface area contributed by atoms with Gasteiger partial charge < -0.3 is 0 Å². The first-order chi connectivity index (χ1) is 13.9. The zero-order valence-corrected chi connectivity index (χ0v) is 22.1. The number of nitrogens with one attached hydrogen (secondary N) is 1. The van der Waals surface area contributed by atoms with Crippen LogP contribution in [0.25, 0.3) is 0 Å². The number of rotatable bonds is 14. The molecule has 166 valence electrons. The number of aliphatic hydroxyl groups is 1. The van der Waals surface area contributed by atoms with Crippen molar-refractivity contribution in [2.75, 3.05) is 0 Å². The van der Waals surface area contributed by atoms with Crippen molar-refractivity contribution in [3.05, 3.63) is 35.9 Å². The number of alkyl carbamates (subject to hydrolysis) is 1. The summed E-state index contributed by atoms with van der Waals surface area (Å²) in [6.07, 6.45) is 6.24. The molecule has 1 aromatic carbocycles. The van der Waals surface area contributed by atoms with Crippen molar-refractivity contribution in [2.24, 2.45) is 0 Å². The van der Waals surface area contributed by atoms with Gasteiger partial charge in [-0.1, -0.05) is 0 Å². The Balaban J connectivity index is 2.79. The molecule has 0 aliphatic rings. The second kappa shape index (κ2) is 14.3. The number of benzene rings is 1. The quantitative estimate of drug-likeness (QED) is 0.276. The van der Waals surface area contributed by atoms with Gasteiger partial charge in [0, 0.05) is 0 Å². The molecule has 0 saturated carbocycles. The van der Waals surface area contributed by atoms with Gasteiger partial charge in [-0.05, 0) is 0 Å². The molecular weight excluding hydrogens is 469 g/mol. The van der Waals surface area contributed by atoms with Crippen LogP contribution in [0.2, 0.25) is 13.3 Å². The third-order valence-electron chi connectivity index (χ3n) is 6.19. The van der Waals surface area contributed by atoms with Crippen LogP contribution in [-0.4, -0.2) is 39.7 Å². The molecule has 0 unspecified atom stereocenters. The molecule has 1 aromatic rings. The van der Waals surface area contributed by atoms with Gasteiger partial charge in [0.15, 0.2) is 0 Å². The average molecular weight is 512 g/mol. The van der Waals surface area contributed by atoms with Crippen LogP contribution in [-0.2, 0) is 4.74 Å². The first kappa shape index (κ1) is 26.3. The van der Waals surface area contributed by atoms with Gasteiger partial charge in [0.25, 0.3) is 0 Å². The van der Waals surface area contributed by atoms with Crippen molar-refractivity contribution in [3.8, 4) is 0 Å². The van der Waals surface area contributed by atoms with Crippen molar-refractivity contribution in [1.29, 1.82) is 0 Å². The summed E-state index contributed by atoms with van der Waals surface area (Å²) in [6, 6.07) is 9.05.